The molecule has 1 amide bonds. The van der Waals surface area contributed by atoms with Crippen LogP contribution in [0.5, 0.6) is 17.2 Å². The van der Waals surface area contributed by atoms with E-state index in [9.17, 15) is 4.79 Å². The van der Waals surface area contributed by atoms with Crippen LogP contribution in [-0.2, 0) is 11.2 Å². The molecule has 2 rings (SSSR count). The first-order valence-corrected chi connectivity index (χ1v) is 9.59. The largest absolute Gasteiger partial charge is 0.494 e. The van der Waals surface area contributed by atoms with Crippen LogP contribution in [-0.4, -0.2) is 31.9 Å². The maximum atomic E-state index is 12.1. The molecule has 0 saturated heterocycles. The van der Waals surface area contributed by atoms with Gasteiger partial charge in [-0.25, -0.2) is 5.43 Å². The molecule has 1 N–H and O–H groups in total. The molecule has 0 bridgehead atoms. The van der Waals surface area contributed by atoms with E-state index < -0.39 is 0 Å². The standard InChI is InChI=1S/C22H28N2O4/c1-4-13-28-20-12-9-18(14-21(20)27-6-3)16-23-24-22(25)15-17-7-10-19(11-8-17)26-5-2/h7-12,14,16H,4-6,13,15H2,1-3H3,(H,24,25)/b23-16-. The SMILES string of the molecule is CCCOc1ccc(/C=N\NC(=O)Cc2ccc(OCC)cc2)cc1OCC. The maximum Gasteiger partial charge on any atom is 0.244 e. The third-order valence-corrected chi connectivity index (χ3v) is 3.73. The molecule has 0 saturated carbocycles. The molecular weight excluding hydrogens is 356 g/mol. The van der Waals surface area contributed by atoms with Gasteiger partial charge in [0.05, 0.1) is 32.5 Å². The number of amides is 1. The van der Waals surface area contributed by atoms with Crippen molar-refractivity contribution in [3.63, 3.8) is 0 Å². The van der Waals surface area contributed by atoms with Crippen molar-refractivity contribution in [1.82, 2.24) is 5.43 Å². The minimum absolute atomic E-state index is 0.187. The highest BCUT2D eigenvalue weighted by molar-refractivity contribution is 5.84. The van der Waals surface area contributed by atoms with Crippen molar-refractivity contribution < 1.29 is 19.0 Å². The third kappa shape index (κ3) is 6.95. The van der Waals surface area contributed by atoms with Crippen molar-refractivity contribution in [3.05, 3.63) is 53.6 Å². The van der Waals surface area contributed by atoms with E-state index >= 15 is 0 Å². The molecule has 6 nitrogen and oxygen atoms in total. The van der Waals surface area contributed by atoms with Gasteiger partial charge in [-0.2, -0.15) is 5.10 Å². The number of hydrogen-bond donors (Lipinski definition) is 1. The van der Waals surface area contributed by atoms with E-state index in [1.165, 1.54) is 0 Å². The van der Waals surface area contributed by atoms with E-state index in [1.54, 1.807) is 6.21 Å². The van der Waals surface area contributed by atoms with Crippen molar-refractivity contribution in [3.8, 4) is 17.2 Å². The highest BCUT2D eigenvalue weighted by atomic mass is 16.5. The highest BCUT2D eigenvalue weighted by Gasteiger charge is 2.06. The second-order valence-corrected chi connectivity index (χ2v) is 6.03. The predicted molar refractivity (Wildman–Crippen MR) is 110 cm³/mol. The number of nitrogens with one attached hydrogen (secondary N) is 1. The first-order chi connectivity index (χ1) is 13.7. The van der Waals surface area contributed by atoms with Crippen LogP contribution in [0, 0.1) is 0 Å². The van der Waals surface area contributed by atoms with E-state index in [4.69, 9.17) is 14.2 Å². The molecule has 2 aromatic rings. The molecule has 0 aromatic heterocycles. The van der Waals surface area contributed by atoms with Crippen LogP contribution in [0.15, 0.2) is 47.6 Å². The quantitative estimate of drug-likeness (QED) is 0.470. The number of carbonyl (C=O) groups excluding carboxylic acids is 1. The Kier molecular flexibility index (Phi) is 8.85. The normalized spacial score (nSPS) is 10.7. The monoisotopic (exact) mass is 384 g/mol. The lowest BCUT2D eigenvalue weighted by Gasteiger charge is -2.11. The molecule has 0 unspecified atom stereocenters. The van der Waals surface area contributed by atoms with Gasteiger partial charge < -0.3 is 14.2 Å². The average molecular weight is 384 g/mol. The summed E-state index contributed by atoms with van der Waals surface area (Å²) in [7, 11) is 0. The number of ether oxygens (including phenoxy) is 3. The first kappa shape index (κ1) is 21.3. The number of benzene rings is 2. The van der Waals surface area contributed by atoms with Crippen molar-refractivity contribution in [2.45, 2.75) is 33.6 Å². The molecule has 0 atom stereocenters. The second kappa shape index (κ2) is 11.6. The van der Waals surface area contributed by atoms with Crippen LogP contribution in [0.3, 0.4) is 0 Å². The Bertz CT molecular complexity index is 773. The zero-order valence-corrected chi connectivity index (χ0v) is 16.7. The van der Waals surface area contributed by atoms with E-state index in [0.717, 1.165) is 23.3 Å². The summed E-state index contributed by atoms with van der Waals surface area (Å²) in [5, 5.41) is 4.03. The Morgan fingerprint density at radius 1 is 0.964 bits per heavy atom. The van der Waals surface area contributed by atoms with Gasteiger partial charge in [-0.1, -0.05) is 19.1 Å². The fourth-order valence-electron chi connectivity index (χ4n) is 2.48. The summed E-state index contributed by atoms with van der Waals surface area (Å²) >= 11 is 0. The van der Waals surface area contributed by atoms with E-state index in [1.807, 2.05) is 56.3 Å². The van der Waals surface area contributed by atoms with Crippen LogP contribution in [0.2, 0.25) is 0 Å². The van der Waals surface area contributed by atoms with Crippen molar-refractivity contribution in [2.24, 2.45) is 5.10 Å². The molecule has 0 radical (unpaired) electrons. The summed E-state index contributed by atoms with van der Waals surface area (Å²) in [5.74, 6) is 1.98. The number of hydrazone groups is 1. The summed E-state index contributed by atoms with van der Waals surface area (Å²) in [5.41, 5.74) is 4.26. The Balaban J connectivity index is 1.91. The maximum absolute atomic E-state index is 12.1. The molecule has 0 aliphatic rings. The lowest BCUT2D eigenvalue weighted by atomic mass is 10.1. The predicted octanol–water partition coefficient (Wildman–Crippen LogP) is 3.97. The molecule has 0 spiro atoms. The van der Waals surface area contributed by atoms with Crippen molar-refractivity contribution in [1.29, 1.82) is 0 Å². The molecule has 0 fully saturated rings. The fraction of sp³-hybridized carbons (Fsp3) is 0.364. The Morgan fingerprint density at radius 2 is 1.71 bits per heavy atom. The van der Waals surface area contributed by atoms with Gasteiger partial charge in [0, 0.05) is 0 Å². The van der Waals surface area contributed by atoms with E-state index in [2.05, 4.69) is 17.5 Å². The molecule has 150 valence electrons. The topological polar surface area (TPSA) is 69.2 Å². The summed E-state index contributed by atoms with van der Waals surface area (Å²) in [6.45, 7) is 7.70. The van der Waals surface area contributed by atoms with E-state index in [0.29, 0.717) is 31.3 Å². The van der Waals surface area contributed by atoms with Gasteiger partial charge >= 0.3 is 0 Å². The van der Waals surface area contributed by atoms with Crippen LogP contribution in [0.1, 0.15) is 38.3 Å². The van der Waals surface area contributed by atoms with Gasteiger partial charge in [-0.15, -0.1) is 0 Å². The van der Waals surface area contributed by atoms with Gasteiger partial charge in [0.25, 0.3) is 0 Å². The lowest BCUT2D eigenvalue weighted by molar-refractivity contribution is -0.120. The van der Waals surface area contributed by atoms with Crippen LogP contribution in [0.25, 0.3) is 0 Å². The van der Waals surface area contributed by atoms with Gasteiger partial charge in [-0.3, -0.25) is 4.79 Å². The van der Waals surface area contributed by atoms with Gasteiger partial charge in [0.15, 0.2) is 11.5 Å². The minimum Gasteiger partial charge on any atom is -0.494 e. The third-order valence-electron chi connectivity index (χ3n) is 3.73. The summed E-state index contributed by atoms with van der Waals surface area (Å²) in [4.78, 5) is 12.1. The molecule has 6 heteroatoms. The average Bonchev–Trinajstić information content (AvgIpc) is 2.69. The van der Waals surface area contributed by atoms with E-state index in [-0.39, 0.29) is 12.3 Å². The smallest absolute Gasteiger partial charge is 0.244 e. The first-order valence-electron chi connectivity index (χ1n) is 9.59. The number of nitrogens with zero attached hydrogens (tertiary/aromatic N) is 1. The van der Waals surface area contributed by atoms with Crippen LogP contribution in [0.4, 0.5) is 0 Å². The highest BCUT2D eigenvalue weighted by Crippen LogP contribution is 2.28. The summed E-state index contributed by atoms with van der Waals surface area (Å²) in [6.07, 6.45) is 2.76. The molecule has 2 aromatic carbocycles. The molecule has 0 aliphatic carbocycles. The number of carbonyl (C=O) groups is 1. The molecule has 0 heterocycles. The summed E-state index contributed by atoms with van der Waals surface area (Å²) in [6, 6.07) is 13.0. The minimum atomic E-state index is -0.187. The lowest BCUT2D eigenvalue weighted by Crippen LogP contribution is -2.19. The second-order valence-electron chi connectivity index (χ2n) is 6.03. The van der Waals surface area contributed by atoms with Crippen molar-refractivity contribution in [2.75, 3.05) is 19.8 Å². The van der Waals surface area contributed by atoms with Crippen LogP contribution >= 0.6 is 0 Å². The molecule has 28 heavy (non-hydrogen) atoms. The summed E-state index contributed by atoms with van der Waals surface area (Å²) < 4.78 is 16.7. The number of rotatable bonds is 11. The molecular formula is C22H28N2O4. The van der Waals surface area contributed by atoms with Gasteiger partial charge in [-0.05, 0) is 61.7 Å². The van der Waals surface area contributed by atoms with Crippen molar-refractivity contribution >= 4 is 12.1 Å². The zero-order chi connectivity index (χ0) is 20.2. The van der Waals surface area contributed by atoms with Gasteiger partial charge in [0.1, 0.15) is 5.75 Å². The van der Waals surface area contributed by atoms with Gasteiger partial charge in [0.2, 0.25) is 5.91 Å². The number of hydrogen-bond acceptors (Lipinski definition) is 5. The Hall–Kier alpha value is -3.02. The molecule has 0 aliphatic heterocycles. The fourth-order valence-corrected chi connectivity index (χ4v) is 2.48. The zero-order valence-electron chi connectivity index (χ0n) is 16.7. The van der Waals surface area contributed by atoms with Crippen LogP contribution < -0.4 is 19.6 Å². The Labute approximate surface area is 166 Å². The Morgan fingerprint density at radius 3 is 2.39 bits per heavy atom.